The molecular weight excluding hydrogens is 332 g/mol. The monoisotopic (exact) mass is 346 g/mol. The SMILES string of the molecule is O=C(OCC(=O)c1cccs1)c1ccc(NC2CC2)c([N+](=O)[O-])c1. The number of Topliss-reactive ketones (excluding diaryl/α,β-unsaturated/α-hetero) is 1. The second-order valence-electron chi connectivity index (χ2n) is 5.38. The third-order valence-corrected chi connectivity index (χ3v) is 4.41. The fourth-order valence-electron chi connectivity index (χ4n) is 2.10. The Morgan fingerprint density at radius 2 is 2.12 bits per heavy atom. The summed E-state index contributed by atoms with van der Waals surface area (Å²) in [7, 11) is 0. The number of carbonyl (C=O) groups is 2. The molecule has 0 atom stereocenters. The Hall–Kier alpha value is -2.74. The van der Waals surface area contributed by atoms with Crippen molar-refractivity contribution in [1.29, 1.82) is 0 Å². The van der Waals surface area contributed by atoms with Crippen LogP contribution in [0.1, 0.15) is 32.9 Å². The van der Waals surface area contributed by atoms with Crippen LogP contribution in [0.25, 0.3) is 0 Å². The van der Waals surface area contributed by atoms with E-state index in [2.05, 4.69) is 5.32 Å². The van der Waals surface area contributed by atoms with E-state index < -0.39 is 17.5 Å². The molecule has 1 aliphatic carbocycles. The second kappa shape index (κ2) is 6.79. The first-order valence-electron chi connectivity index (χ1n) is 7.33. The molecule has 0 amide bonds. The van der Waals surface area contributed by atoms with Gasteiger partial charge in [0.15, 0.2) is 6.61 Å². The molecule has 0 aliphatic heterocycles. The van der Waals surface area contributed by atoms with Crippen molar-refractivity contribution < 1.29 is 19.2 Å². The molecule has 2 aromatic rings. The van der Waals surface area contributed by atoms with Crippen molar-refractivity contribution in [3.8, 4) is 0 Å². The summed E-state index contributed by atoms with van der Waals surface area (Å²) in [5.74, 6) is -1.07. The van der Waals surface area contributed by atoms with Gasteiger partial charge in [0, 0.05) is 12.1 Å². The summed E-state index contributed by atoms with van der Waals surface area (Å²) in [4.78, 5) is 35.0. The molecule has 0 unspecified atom stereocenters. The Kier molecular flexibility index (Phi) is 4.57. The smallest absolute Gasteiger partial charge is 0.338 e. The molecule has 1 saturated carbocycles. The maximum absolute atomic E-state index is 12.0. The van der Waals surface area contributed by atoms with Crippen LogP contribution < -0.4 is 5.32 Å². The normalized spacial score (nSPS) is 13.3. The molecule has 24 heavy (non-hydrogen) atoms. The van der Waals surface area contributed by atoms with Crippen LogP contribution in [-0.2, 0) is 4.74 Å². The minimum absolute atomic E-state index is 0.0435. The summed E-state index contributed by atoms with van der Waals surface area (Å²) < 4.78 is 4.96. The maximum atomic E-state index is 12.0. The molecule has 124 valence electrons. The fourth-order valence-corrected chi connectivity index (χ4v) is 2.75. The zero-order valence-electron chi connectivity index (χ0n) is 12.6. The molecule has 3 rings (SSSR count). The van der Waals surface area contributed by atoms with Crippen LogP contribution in [0.15, 0.2) is 35.7 Å². The van der Waals surface area contributed by atoms with Crippen molar-refractivity contribution in [2.24, 2.45) is 0 Å². The van der Waals surface area contributed by atoms with E-state index in [1.165, 1.54) is 29.5 Å². The Labute approximate surface area is 141 Å². The highest BCUT2D eigenvalue weighted by molar-refractivity contribution is 7.12. The molecule has 0 radical (unpaired) electrons. The van der Waals surface area contributed by atoms with E-state index in [0.717, 1.165) is 12.8 Å². The highest BCUT2D eigenvalue weighted by Crippen LogP contribution is 2.31. The van der Waals surface area contributed by atoms with Gasteiger partial charge >= 0.3 is 5.97 Å². The zero-order valence-corrected chi connectivity index (χ0v) is 13.4. The summed E-state index contributed by atoms with van der Waals surface area (Å²) in [6, 6.07) is 7.75. The van der Waals surface area contributed by atoms with Crippen LogP contribution in [-0.4, -0.2) is 29.3 Å². The first-order valence-corrected chi connectivity index (χ1v) is 8.21. The Morgan fingerprint density at radius 3 is 2.75 bits per heavy atom. The van der Waals surface area contributed by atoms with Crippen LogP contribution in [0.3, 0.4) is 0 Å². The number of hydrogen-bond acceptors (Lipinski definition) is 7. The van der Waals surface area contributed by atoms with Gasteiger partial charge in [-0.05, 0) is 36.4 Å². The number of esters is 1. The van der Waals surface area contributed by atoms with Crippen LogP contribution in [0.2, 0.25) is 0 Å². The van der Waals surface area contributed by atoms with E-state index in [1.807, 2.05) is 0 Å². The predicted molar refractivity (Wildman–Crippen MR) is 88.7 cm³/mol. The number of benzene rings is 1. The van der Waals surface area contributed by atoms with Gasteiger partial charge in [-0.15, -0.1) is 11.3 Å². The molecule has 0 spiro atoms. The Morgan fingerprint density at radius 1 is 1.33 bits per heavy atom. The maximum Gasteiger partial charge on any atom is 0.338 e. The number of ether oxygens (including phenoxy) is 1. The van der Waals surface area contributed by atoms with Crippen LogP contribution in [0.5, 0.6) is 0 Å². The van der Waals surface area contributed by atoms with Crippen molar-refractivity contribution in [1.82, 2.24) is 0 Å². The number of hydrogen-bond donors (Lipinski definition) is 1. The van der Waals surface area contributed by atoms with Crippen LogP contribution in [0.4, 0.5) is 11.4 Å². The lowest BCUT2D eigenvalue weighted by atomic mass is 10.1. The third kappa shape index (κ3) is 3.77. The lowest BCUT2D eigenvalue weighted by Gasteiger charge is -2.08. The Balaban J connectivity index is 1.68. The van der Waals surface area contributed by atoms with Crippen molar-refractivity contribution in [2.75, 3.05) is 11.9 Å². The van der Waals surface area contributed by atoms with Gasteiger partial charge in [-0.2, -0.15) is 0 Å². The quantitative estimate of drug-likeness (QED) is 0.357. The van der Waals surface area contributed by atoms with Crippen LogP contribution in [0, 0.1) is 10.1 Å². The number of nitro groups is 1. The number of nitrogens with zero attached hydrogens (tertiary/aromatic N) is 1. The molecule has 1 heterocycles. The number of nitrogens with one attached hydrogen (secondary N) is 1. The number of carbonyl (C=O) groups excluding carboxylic acids is 2. The van der Waals surface area contributed by atoms with Crippen molar-refractivity contribution in [3.63, 3.8) is 0 Å². The number of rotatable bonds is 7. The summed E-state index contributed by atoms with van der Waals surface area (Å²) in [6.07, 6.45) is 1.96. The first-order chi connectivity index (χ1) is 11.5. The molecule has 1 aromatic heterocycles. The van der Waals surface area contributed by atoms with Gasteiger partial charge in [-0.3, -0.25) is 14.9 Å². The van der Waals surface area contributed by atoms with Gasteiger partial charge in [0.2, 0.25) is 5.78 Å². The molecule has 1 N–H and O–H groups in total. The number of ketones is 1. The highest BCUT2D eigenvalue weighted by Gasteiger charge is 2.26. The molecule has 7 nitrogen and oxygen atoms in total. The molecule has 0 saturated heterocycles. The summed E-state index contributed by atoms with van der Waals surface area (Å²) in [5, 5.41) is 16.0. The minimum atomic E-state index is -0.763. The summed E-state index contributed by atoms with van der Waals surface area (Å²) in [5.41, 5.74) is 0.247. The zero-order chi connectivity index (χ0) is 17.1. The topological polar surface area (TPSA) is 98.5 Å². The third-order valence-electron chi connectivity index (χ3n) is 3.50. The van der Waals surface area contributed by atoms with Gasteiger partial charge in [0.05, 0.1) is 15.4 Å². The Bertz CT molecular complexity index is 784. The first kappa shape index (κ1) is 16.1. The standard InChI is InChI=1S/C16H14N2O5S/c19-14(15-2-1-7-24-15)9-23-16(20)10-3-6-12(17-11-4-5-11)13(8-10)18(21)22/h1-3,6-8,11,17H,4-5,9H2. The molecule has 8 heteroatoms. The van der Waals surface area contributed by atoms with Gasteiger partial charge in [0.1, 0.15) is 5.69 Å². The molecule has 1 fully saturated rings. The molecular formula is C16H14N2O5S. The van der Waals surface area contributed by atoms with Crippen molar-refractivity contribution in [2.45, 2.75) is 18.9 Å². The van der Waals surface area contributed by atoms with Crippen LogP contribution >= 0.6 is 11.3 Å². The van der Waals surface area contributed by atoms with Gasteiger partial charge in [-0.25, -0.2) is 4.79 Å². The second-order valence-corrected chi connectivity index (χ2v) is 6.33. The summed E-state index contributed by atoms with van der Waals surface area (Å²) in [6.45, 7) is -0.394. The van der Waals surface area contributed by atoms with E-state index in [-0.39, 0.29) is 23.1 Å². The number of nitro benzene ring substituents is 1. The van der Waals surface area contributed by atoms with Gasteiger partial charge in [0.25, 0.3) is 5.69 Å². The van der Waals surface area contributed by atoms with E-state index >= 15 is 0 Å². The van der Waals surface area contributed by atoms with E-state index in [0.29, 0.717) is 10.6 Å². The lowest BCUT2D eigenvalue weighted by molar-refractivity contribution is -0.384. The number of anilines is 1. The van der Waals surface area contributed by atoms with Crippen molar-refractivity contribution >= 4 is 34.5 Å². The highest BCUT2D eigenvalue weighted by atomic mass is 32.1. The fraction of sp³-hybridized carbons (Fsp3) is 0.250. The van der Waals surface area contributed by atoms with Gasteiger partial charge in [-0.1, -0.05) is 6.07 Å². The van der Waals surface area contributed by atoms with E-state index in [4.69, 9.17) is 4.74 Å². The minimum Gasteiger partial charge on any atom is -0.454 e. The van der Waals surface area contributed by atoms with E-state index in [1.54, 1.807) is 17.5 Å². The lowest BCUT2D eigenvalue weighted by Crippen LogP contribution is -2.14. The molecule has 1 aromatic carbocycles. The predicted octanol–water partition coefficient (Wildman–Crippen LogP) is 3.27. The molecule has 0 bridgehead atoms. The average molecular weight is 346 g/mol. The van der Waals surface area contributed by atoms with E-state index in [9.17, 15) is 19.7 Å². The van der Waals surface area contributed by atoms with Gasteiger partial charge < -0.3 is 10.1 Å². The summed E-state index contributed by atoms with van der Waals surface area (Å²) >= 11 is 1.26. The van der Waals surface area contributed by atoms with Crippen molar-refractivity contribution in [3.05, 3.63) is 56.3 Å². The molecule has 1 aliphatic rings. The largest absolute Gasteiger partial charge is 0.454 e. The number of thiophene rings is 1. The average Bonchev–Trinajstić information content (AvgIpc) is 3.21.